The molecule has 128 valence electrons. The number of halogens is 1. The van der Waals surface area contributed by atoms with Crippen LogP contribution in [0.2, 0.25) is 0 Å². The number of hydrogen-bond donors (Lipinski definition) is 2. The molecule has 1 aliphatic carbocycles. The average Bonchev–Trinajstić information content (AvgIpc) is 3.09. The molecule has 0 aromatic carbocycles. The van der Waals surface area contributed by atoms with Crippen molar-refractivity contribution < 1.29 is 4.79 Å². The summed E-state index contributed by atoms with van der Waals surface area (Å²) in [4.78, 5) is 15.0. The maximum absolute atomic E-state index is 12.3. The zero-order valence-corrected chi connectivity index (χ0v) is 15.1. The summed E-state index contributed by atoms with van der Waals surface area (Å²) in [6.45, 7) is 3.31. The summed E-state index contributed by atoms with van der Waals surface area (Å²) < 4.78 is 0. The van der Waals surface area contributed by atoms with Gasteiger partial charge in [0, 0.05) is 23.7 Å². The SMILES string of the molecule is Cl.O=C(NCC1(N2CCCCC2)CCCCC1)C1CSCN1. The lowest BCUT2D eigenvalue weighted by molar-refractivity contribution is -0.123. The minimum atomic E-state index is 0. The third kappa shape index (κ3) is 4.31. The highest BCUT2D eigenvalue weighted by Gasteiger charge is 2.39. The Balaban J connectivity index is 0.00000176. The molecule has 4 nitrogen and oxygen atoms in total. The van der Waals surface area contributed by atoms with Gasteiger partial charge < -0.3 is 5.32 Å². The van der Waals surface area contributed by atoms with Crippen molar-refractivity contribution >= 4 is 30.1 Å². The molecule has 1 atom stereocenters. The molecule has 1 unspecified atom stereocenters. The molecule has 2 aliphatic heterocycles. The van der Waals surface area contributed by atoms with E-state index in [9.17, 15) is 4.79 Å². The lowest BCUT2D eigenvalue weighted by atomic mass is 9.79. The summed E-state index contributed by atoms with van der Waals surface area (Å²) in [7, 11) is 0. The first-order valence-electron chi connectivity index (χ1n) is 8.64. The molecule has 3 fully saturated rings. The zero-order chi connectivity index (χ0) is 14.5. The molecular weight excluding hydrogens is 318 g/mol. The predicted molar refractivity (Wildman–Crippen MR) is 95.7 cm³/mol. The molecule has 0 bridgehead atoms. The Labute approximate surface area is 144 Å². The highest BCUT2D eigenvalue weighted by Crippen LogP contribution is 2.35. The third-order valence-corrected chi connectivity index (χ3v) is 6.38. The van der Waals surface area contributed by atoms with Gasteiger partial charge in [-0.15, -0.1) is 24.2 Å². The normalized spacial score (nSPS) is 28.8. The van der Waals surface area contributed by atoms with E-state index in [2.05, 4.69) is 15.5 Å². The van der Waals surface area contributed by atoms with E-state index in [1.54, 1.807) is 0 Å². The molecule has 3 aliphatic rings. The van der Waals surface area contributed by atoms with E-state index in [1.807, 2.05) is 11.8 Å². The van der Waals surface area contributed by atoms with Crippen molar-refractivity contribution in [1.29, 1.82) is 0 Å². The molecule has 3 rings (SSSR count). The van der Waals surface area contributed by atoms with Crippen molar-refractivity contribution in [3.63, 3.8) is 0 Å². The van der Waals surface area contributed by atoms with Crippen LogP contribution in [0.1, 0.15) is 51.4 Å². The van der Waals surface area contributed by atoms with Crippen LogP contribution in [0.15, 0.2) is 0 Å². The summed E-state index contributed by atoms with van der Waals surface area (Å²) in [5, 5.41) is 6.55. The van der Waals surface area contributed by atoms with Crippen molar-refractivity contribution in [3.8, 4) is 0 Å². The number of thioether (sulfide) groups is 1. The van der Waals surface area contributed by atoms with Crippen LogP contribution in [-0.2, 0) is 4.79 Å². The molecule has 6 heteroatoms. The van der Waals surface area contributed by atoms with Gasteiger partial charge in [0.15, 0.2) is 0 Å². The van der Waals surface area contributed by atoms with Gasteiger partial charge in [-0.1, -0.05) is 25.7 Å². The fraction of sp³-hybridized carbons (Fsp3) is 0.938. The van der Waals surface area contributed by atoms with Crippen LogP contribution in [-0.4, -0.2) is 53.7 Å². The minimum absolute atomic E-state index is 0. The van der Waals surface area contributed by atoms with Crippen molar-refractivity contribution in [1.82, 2.24) is 15.5 Å². The summed E-state index contributed by atoms with van der Waals surface area (Å²) in [6.07, 6.45) is 10.6. The van der Waals surface area contributed by atoms with Gasteiger partial charge in [-0.3, -0.25) is 15.0 Å². The van der Waals surface area contributed by atoms with Gasteiger partial charge in [-0.2, -0.15) is 0 Å². The Bertz CT molecular complexity index is 351. The topological polar surface area (TPSA) is 44.4 Å². The lowest BCUT2D eigenvalue weighted by Gasteiger charge is -2.48. The third-order valence-electron chi connectivity index (χ3n) is 5.44. The van der Waals surface area contributed by atoms with Crippen LogP contribution >= 0.6 is 24.2 Å². The number of carbonyl (C=O) groups is 1. The van der Waals surface area contributed by atoms with Crippen molar-refractivity contribution in [2.24, 2.45) is 0 Å². The van der Waals surface area contributed by atoms with Crippen molar-refractivity contribution in [3.05, 3.63) is 0 Å². The smallest absolute Gasteiger partial charge is 0.238 e. The second-order valence-electron chi connectivity index (χ2n) is 6.82. The first-order chi connectivity index (χ1) is 10.3. The van der Waals surface area contributed by atoms with E-state index in [1.165, 1.54) is 64.5 Å². The summed E-state index contributed by atoms with van der Waals surface area (Å²) in [6, 6.07) is 0.0250. The summed E-state index contributed by atoms with van der Waals surface area (Å²) in [5.41, 5.74) is 0.250. The van der Waals surface area contributed by atoms with Gasteiger partial charge in [-0.05, 0) is 38.8 Å². The predicted octanol–water partition coefficient (Wildman–Crippen LogP) is 2.38. The zero-order valence-electron chi connectivity index (χ0n) is 13.4. The van der Waals surface area contributed by atoms with Gasteiger partial charge in [0.1, 0.15) is 0 Å². The molecule has 2 saturated heterocycles. The Kier molecular flexibility index (Phi) is 7.32. The van der Waals surface area contributed by atoms with Gasteiger partial charge >= 0.3 is 0 Å². The number of nitrogens with one attached hydrogen (secondary N) is 2. The highest BCUT2D eigenvalue weighted by molar-refractivity contribution is 7.99. The summed E-state index contributed by atoms with van der Waals surface area (Å²) >= 11 is 1.82. The molecule has 22 heavy (non-hydrogen) atoms. The van der Waals surface area contributed by atoms with Crippen LogP contribution in [0.4, 0.5) is 0 Å². The fourth-order valence-electron chi connectivity index (χ4n) is 4.12. The van der Waals surface area contributed by atoms with Gasteiger partial charge in [0.2, 0.25) is 5.91 Å². The standard InChI is InChI=1S/C16H29N3OS.ClH/c20-15(14-11-21-13-18-14)17-12-16(7-3-1-4-8-16)19-9-5-2-6-10-19;/h14,18H,1-13H2,(H,17,20);1H. The average molecular weight is 348 g/mol. The Hall–Kier alpha value is 0.0300. The molecule has 0 aromatic heterocycles. The number of hydrogen-bond acceptors (Lipinski definition) is 4. The van der Waals surface area contributed by atoms with Gasteiger partial charge in [-0.25, -0.2) is 0 Å². The van der Waals surface area contributed by atoms with Crippen LogP contribution < -0.4 is 10.6 Å². The highest BCUT2D eigenvalue weighted by atomic mass is 35.5. The molecular formula is C16H30ClN3OS. The van der Waals surface area contributed by atoms with E-state index in [-0.39, 0.29) is 29.9 Å². The van der Waals surface area contributed by atoms with Crippen molar-refractivity contribution in [2.75, 3.05) is 31.3 Å². The lowest BCUT2D eigenvalue weighted by Crippen LogP contribution is -2.59. The number of piperidine rings is 1. The second-order valence-corrected chi connectivity index (χ2v) is 7.85. The monoisotopic (exact) mass is 347 g/mol. The molecule has 0 aromatic rings. The molecule has 0 spiro atoms. The number of likely N-dealkylation sites (tertiary alicyclic amines) is 1. The van der Waals surface area contributed by atoms with Crippen LogP contribution in [0.25, 0.3) is 0 Å². The quantitative estimate of drug-likeness (QED) is 0.819. The van der Waals surface area contributed by atoms with E-state index in [4.69, 9.17) is 0 Å². The summed E-state index contributed by atoms with van der Waals surface area (Å²) in [5.74, 6) is 2.04. The fourth-order valence-corrected chi connectivity index (χ4v) is 5.06. The van der Waals surface area contributed by atoms with E-state index in [0.29, 0.717) is 0 Å². The number of rotatable bonds is 4. The minimum Gasteiger partial charge on any atom is -0.353 e. The Morgan fingerprint density at radius 2 is 1.82 bits per heavy atom. The van der Waals surface area contributed by atoms with E-state index < -0.39 is 0 Å². The maximum Gasteiger partial charge on any atom is 0.238 e. The molecule has 1 amide bonds. The first-order valence-corrected chi connectivity index (χ1v) is 9.80. The number of nitrogens with zero attached hydrogens (tertiary/aromatic N) is 1. The van der Waals surface area contributed by atoms with Crippen molar-refractivity contribution in [2.45, 2.75) is 62.9 Å². The number of amides is 1. The maximum atomic E-state index is 12.3. The largest absolute Gasteiger partial charge is 0.353 e. The van der Waals surface area contributed by atoms with Crippen LogP contribution in [0, 0.1) is 0 Å². The van der Waals surface area contributed by atoms with Crippen LogP contribution in [0.3, 0.4) is 0 Å². The number of carbonyl (C=O) groups excluding carboxylic acids is 1. The Morgan fingerprint density at radius 3 is 2.45 bits per heavy atom. The van der Waals surface area contributed by atoms with Gasteiger partial charge in [0.05, 0.1) is 6.04 Å². The van der Waals surface area contributed by atoms with E-state index in [0.717, 1.165) is 18.2 Å². The van der Waals surface area contributed by atoms with Crippen LogP contribution in [0.5, 0.6) is 0 Å². The first kappa shape index (κ1) is 18.4. The molecule has 1 saturated carbocycles. The molecule has 2 N–H and O–H groups in total. The molecule has 0 radical (unpaired) electrons. The Morgan fingerprint density at radius 1 is 1.14 bits per heavy atom. The van der Waals surface area contributed by atoms with E-state index >= 15 is 0 Å². The van der Waals surface area contributed by atoms with Gasteiger partial charge in [0.25, 0.3) is 0 Å². The second kappa shape index (κ2) is 8.76. The molecule has 2 heterocycles.